The molecule has 30 nitrogen and oxygen atoms in total. The first-order chi connectivity index (χ1) is 57.9. The summed E-state index contributed by atoms with van der Waals surface area (Å²) in [5.74, 6) is -4.52. The summed E-state index contributed by atoms with van der Waals surface area (Å²) in [7, 11) is 0. The van der Waals surface area contributed by atoms with Crippen molar-refractivity contribution in [2.75, 3.05) is 65.8 Å². The smallest absolute Gasteiger partial charge is 0.407 e. The number of hydrogen-bond donors (Lipinski definition) is 8. The van der Waals surface area contributed by atoms with Gasteiger partial charge in [-0.3, -0.25) is 48.2 Å². The van der Waals surface area contributed by atoms with Gasteiger partial charge in [0.25, 0.3) is 0 Å². The topological polar surface area (TPSA) is 449 Å². The van der Waals surface area contributed by atoms with Crippen LogP contribution in [0.2, 0.25) is 0 Å². The van der Waals surface area contributed by atoms with Gasteiger partial charge >= 0.3 is 12.1 Å². The van der Waals surface area contributed by atoms with E-state index in [-0.39, 0.29) is 173 Å². The standard InChI is InChI=1S/C91H126N8O22/c1-55(2)13-10-14-56(3)73-29-30-74-67-24-18-59-48-65(23-28-66(59)71(67)47-57(4)91(73,74)6)120-90(116)94-39-34-83(107)93-38-35-84(108)95-75(31-33-86(111)112)79(105)50-61(20-32-85(109)110)88(113)96-76(78(104)16-12-41-117-43-45-119-46-44-118-42-36-58(5)100)51-62-54-99(98-97-62)40-9-7-8-17-82(106)92-37-11-15-77(103)60-19-25-68(72(49-60)89(114)115)87-69-26-21-63(101)52-80(69)121-81-53-64(102)22-27-70(81)87/h18-19,21-22,25-27,49,52-57,61,65-67,71,73-76,97-98,101H,7-17,20,23-24,28-48,50-51H2,1-6H3,(H,92,106)(H,93,107)(H,94,116)(H,95,108)(H,96,113)(H,109,110)(H,111,112)(H,114,115)/p-3/t56-,57?,61-,65+,66?,67+,71?,73?,74?,75+,76+,91?/m1/s1. The summed E-state index contributed by atoms with van der Waals surface area (Å²) < 4.78 is 28.4. The number of carboxylic acid groups (broad SMARTS) is 3. The van der Waals surface area contributed by atoms with Gasteiger partial charge in [0.05, 0.1) is 50.7 Å². The number of nitrogens with zero attached hydrogens (tertiary/aromatic N) is 1. The Morgan fingerprint density at radius 1 is 0.661 bits per heavy atom. The number of rotatable bonds is 53. The number of amides is 5. The fourth-order valence-electron chi connectivity index (χ4n) is 18.8. The van der Waals surface area contributed by atoms with Crippen LogP contribution in [0.25, 0.3) is 33.4 Å². The van der Waals surface area contributed by atoms with Crippen molar-refractivity contribution in [2.45, 2.75) is 233 Å². The fourth-order valence-corrected chi connectivity index (χ4v) is 18.8. The zero-order chi connectivity index (χ0) is 87.3. The molecular weight excluding hydrogens is 1560 g/mol. The average molecular weight is 1680 g/mol. The highest BCUT2D eigenvalue weighted by molar-refractivity contribution is 6.09. The number of benzene rings is 3. The van der Waals surface area contributed by atoms with Crippen LogP contribution in [0.4, 0.5) is 4.79 Å². The fraction of sp³-hybridized carbons (Fsp3) is 0.615. The Labute approximate surface area is 707 Å². The van der Waals surface area contributed by atoms with Crippen molar-refractivity contribution in [2.24, 2.45) is 58.7 Å². The number of ketones is 4. The Bertz CT molecular complexity index is 4370. The van der Waals surface area contributed by atoms with Crippen LogP contribution in [0.3, 0.4) is 0 Å². The molecule has 5 amide bonds. The van der Waals surface area contributed by atoms with Crippen LogP contribution in [0.1, 0.15) is 236 Å². The quantitative estimate of drug-likeness (QED) is 0.00889. The van der Waals surface area contributed by atoms with E-state index in [9.17, 15) is 82.8 Å². The molecule has 2 heterocycles. The highest BCUT2D eigenvalue weighted by Gasteiger charge is 2.59. The number of carbonyl (C=O) groups excluding carboxylic acids is 11. The van der Waals surface area contributed by atoms with E-state index in [1.54, 1.807) is 11.2 Å². The van der Waals surface area contributed by atoms with Crippen LogP contribution in [-0.2, 0) is 62.1 Å². The number of ether oxygens (including phenoxy) is 4. The Hall–Kier alpha value is -9.91. The number of nitrogens with one attached hydrogen (secondary N) is 7. The van der Waals surface area contributed by atoms with Crippen LogP contribution < -0.4 is 58.3 Å². The van der Waals surface area contributed by atoms with Gasteiger partial charge in [-0.15, -0.1) is 11.3 Å². The third-order valence-corrected chi connectivity index (χ3v) is 25.2. The predicted molar refractivity (Wildman–Crippen MR) is 443 cm³/mol. The maximum absolute atomic E-state index is 14.4. The van der Waals surface area contributed by atoms with E-state index in [0.717, 1.165) is 42.9 Å². The molecule has 2 aromatic carbocycles. The number of hydrogen-bond acceptors (Lipinski definition) is 24. The number of allylic oxidation sites excluding steroid dienone is 1. The zero-order valence-electron chi connectivity index (χ0n) is 70.9. The summed E-state index contributed by atoms with van der Waals surface area (Å²) in [4.78, 5) is 168. The highest BCUT2D eigenvalue weighted by Crippen LogP contribution is 2.67. The third-order valence-electron chi connectivity index (χ3n) is 25.2. The molecule has 5 aliphatic carbocycles. The number of unbranched alkanes of at least 4 members (excludes halogenated alkanes) is 2. The number of carbonyl (C=O) groups is 12. The minimum absolute atomic E-state index is 0.00336. The third kappa shape index (κ3) is 28.3. The molecule has 0 radical (unpaired) electrons. The van der Waals surface area contributed by atoms with E-state index in [2.05, 4.69) is 78.2 Å². The summed E-state index contributed by atoms with van der Waals surface area (Å²) >= 11 is 0. The van der Waals surface area contributed by atoms with Crippen molar-refractivity contribution in [3.63, 3.8) is 0 Å². The molecule has 6 unspecified atom stereocenters. The van der Waals surface area contributed by atoms with Gasteiger partial charge in [-0.05, 0) is 179 Å². The lowest BCUT2D eigenvalue weighted by Crippen LogP contribution is -2.51. The molecule has 662 valence electrons. The van der Waals surface area contributed by atoms with Gasteiger partial charge < -0.3 is 85.4 Å². The lowest BCUT2D eigenvalue weighted by Gasteiger charge is -2.57. The largest absolute Gasteiger partial charge is 0.872 e. The predicted octanol–water partition coefficient (Wildman–Crippen LogP) is 8.40. The summed E-state index contributed by atoms with van der Waals surface area (Å²) in [6, 6.07) is 9.72. The molecule has 12 atom stereocenters. The van der Waals surface area contributed by atoms with Gasteiger partial charge in [-0.25, -0.2) is 9.59 Å². The van der Waals surface area contributed by atoms with Crippen LogP contribution in [0, 0.1) is 58.7 Å². The molecular formula is C91H123N8O22-3. The molecule has 121 heavy (non-hydrogen) atoms. The minimum Gasteiger partial charge on any atom is -0.872 e. The number of fused-ring (bicyclic) bond motifs is 7. The number of hydrazine groups is 2. The normalized spacial score (nSPS) is 20.8. The van der Waals surface area contributed by atoms with Crippen molar-refractivity contribution in [1.29, 1.82) is 0 Å². The first kappa shape index (κ1) is 94.9. The first-order valence-electron chi connectivity index (χ1n) is 43.5. The number of alkyl carbamates (subject to hydrolysis) is 1. The maximum atomic E-state index is 14.4. The van der Waals surface area contributed by atoms with E-state index in [4.69, 9.17) is 23.4 Å². The molecule has 2 aromatic rings. The highest BCUT2D eigenvalue weighted by atomic mass is 16.6. The van der Waals surface area contributed by atoms with E-state index in [1.165, 1.54) is 106 Å². The van der Waals surface area contributed by atoms with E-state index in [0.29, 0.717) is 89.9 Å². The molecule has 0 saturated heterocycles. The van der Waals surface area contributed by atoms with Gasteiger partial charge in [0.1, 0.15) is 23.2 Å². The number of carboxylic acids is 3. The Morgan fingerprint density at radius 3 is 2.12 bits per heavy atom. The van der Waals surface area contributed by atoms with Gasteiger partial charge in [0, 0.05) is 148 Å². The number of aliphatic carboxylic acids is 2. The minimum atomic E-state index is -1.54. The molecule has 0 aromatic heterocycles. The lowest BCUT2D eigenvalue weighted by atomic mass is 9.48. The Morgan fingerprint density at radius 2 is 1.37 bits per heavy atom. The monoisotopic (exact) mass is 1680 g/mol. The molecule has 7 aliphatic rings. The second kappa shape index (κ2) is 46.9. The van der Waals surface area contributed by atoms with Gasteiger partial charge in [0.15, 0.2) is 22.8 Å². The lowest BCUT2D eigenvalue weighted by molar-refractivity contribution is -0.307. The molecule has 0 spiro atoms. The molecule has 3 saturated carbocycles. The first-order valence-corrected chi connectivity index (χ1v) is 43.5. The number of Topliss-reactive ketones (excluding diaryl/α,β-unsaturated/α-hetero) is 4. The van der Waals surface area contributed by atoms with E-state index < -0.39 is 103 Å². The van der Waals surface area contributed by atoms with Crippen molar-refractivity contribution in [1.82, 2.24) is 42.6 Å². The molecule has 2 aliphatic heterocycles. The van der Waals surface area contributed by atoms with E-state index >= 15 is 0 Å². The van der Waals surface area contributed by atoms with Crippen LogP contribution in [0.5, 0.6) is 5.75 Å². The molecule has 9 rings (SSSR count). The Kier molecular flexibility index (Phi) is 36.8. The van der Waals surface area contributed by atoms with Crippen LogP contribution >= 0.6 is 0 Å². The van der Waals surface area contributed by atoms with Gasteiger partial charge in [-0.2, -0.15) is 0 Å². The average Bonchev–Trinajstić information content (AvgIpc) is 1.60. The van der Waals surface area contributed by atoms with Crippen LogP contribution in [-0.4, -0.2) is 165 Å². The molecule has 3 fully saturated rings. The second-order valence-electron chi connectivity index (χ2n) is 34.2. The second-order valence-corrected chi connectivity index (χ2v) is 34.2. The maximum Gasteiger partial charge on any atom is 0.407 e. The molecule has 30 heteroatoms. The SMILES string of the molecule is CC(=O)CCOCCOCCOCCCC(=O)[C@H](CC1=CN(CCCCCC(=O)NCCCC(=O)c2ccc(-c3c4ccc(=O)cc-4oc4cc([O-])ccc34)c(C(=O)O)c2)NN1)NC(=O)[C@H](CCC(=O)[O-])CC(=O)[C@H](CCC(=O)[O-])NC(=O)CCNC(=O)CCNC(=O)O[C@H]1CCC2C(=CC[C@H]3C2CC(C)C2(C)C3CCC2[C@H](C)CCCC(C)C)C1. The van der Waals surface area contributed by atoms with Gasteiger partial charge in [0.2, 0.25) is 23.6 Å². The summed E-state index contributed by atoms with van der Waals surface area (Å²) in [5.41, 5.74) is 9.07. The van der Waals surface area contributed by atoms with E-state index in [1.807, 2.05) is 0 Å². The number of aromatic carboxylic acids is 1. The van der Waals surface area contributed by atoms with Crippen molar-refractivity contribution >= 4 is 81.7 Å². The van der Waals surface area contributed by atoms with Crippen LogP contribution in [0.15, 0.2) is 87.4 Å². The zero-order valence-corrected chi connectivity index (χ0v) is 70.9. The van der Waals surface area contributed by atoms with Crippen molar-refractivity contribution in [3.8, 4) is 28.2 Å². The van der Waals surface area contributed by atoms with Crippen molar-refractivity contribution in [3.05, 3.63) is 99.5 Å². The van der Waals surface area contributed by atoms with Gasteiger partial charge in [-0.1, -0.05) is 96.2 Å². The summed E-state index contributed by atoms with van der Waals surface area (Å²) in [6.45, 7) is 15.5. The molecule has 0 bridgehead atoms. The summed E-state index contributed by atoms with van der Waals surface area (Å²) in [6.07, 6.45) is 13.6. The Balaban J connectivity index is 0.710. The summed E-state index contributed by atoms with van der Waals surface area (Å²) in [5, 5.41) is 61.8. The van der Waals surface area contributed by atoms with Crippen molar-refractivity contribution < 1.29 is 101 Å². The molecule has 8 N–H and O–H groups in total.